The first-order chi connectivity index (χ1) is 14.6. The van der Waals surface area contributed by atoms with E-state index < -0.39 is 5.82 Å². The average molecular weight is 423 g/mol. The molecular formula is C20H18FN7OS. The van der Waals surface area contributed by atoms with Crippen LogP contribution in [0.3, 0.4) is 0 Å². The number of fused-ring (bicyclic) bond motifs is 3. The summed E-state index contributed by atoms with van der Waals surface area (Å²) < 4.78 is 18.1. The average Bonchev–Trinajstić information content (AvgIpc) is 3.40. The maximum absolute atomic E-state index is 13.9. The molecule has 1 aromatic carbocycles. The smallest absolute Gasteiger partial charge is 0.272 e. The summed E-state index contributed by atoms with van der Waals surface area (Å²) in [5.74, 6) is 0.816. The van der Waals surface area contributed by atoms with Crippen molar-refractivity contribution >= 4 is 33.0 Å². The number of piperazine rings is 1. The van der Waals surface area contributed by atoms with Gasteiger partial charge < -0.3 is 4.90 Å². The molecule has 1 saturated heterocycles. The van der Waals surface area contributed by atoms with Gasteiger partial charge in [-0.05, 0) is 23.6 Å². The largest absolute Gasteiger partial charge is 0.368 e. The van der Waals surface area contributed by atoms with Gasteiger partial charge in [0.25, 0.3) is 5.56 Å². The summed E-state index contributed by atoms with van der Waals surface area (Å²) in [6.07, 6.45) is 0. The van der Waals surface area contributed by atoms with Crippen LogP contribution >= 0.6 is 11.3 Å². The van der Waals surface area contributed by atoms with Crippen molar-refractivity contribution in [3.8, 4) is 6.07 Å². The van der Waals surface area contributed by atoms with E-state index in [4.69, 9.17) is 0 Å². The van der Waals surface area contributed by atoms with Crippen LogP contribution in [-0.4, -0.2) is 50.2 Å². The van der Waals surface area contributed by atoms with Gasteiger partial charge in [-0.15, -0.1) is 21.5 Å². The zero-order valence-corrected chi connectivity index (χ0v) is 17.1. The van der Waals surface area contributed by atoms with E-state index in [1.165, 1.54) is 22.0 Å². The van der Waals surface area contributed by atoms with E-state index in [0.29, 0.717) is 35.8 Å². The Morgan fingerprint density at radius 2 is 2.00 bits per heavy atom. The maximum Gasteiger partial charge on any atom is 0.272 e. The molecule has 0 saturated carbocycles. The zero-order chi connectivity index (χ0) is 20.8. The molecule has 0 amide bonds. The minimum Gasteiger partial charge on any atom is -0.368 e. The number of nitriles is 1. The Hall–Kier alpha value is -3.29. The fourth-order valence-corrected chi connectivity index (χ4v) is 4.84. The number of thiophene rings is 1. The SMILES string of the molecule is Cn1c(=O)c2sccc2n2c(CN3CCN(c4cccc(F)c4C#N)CC3)nnc12. The second kappa shape index (κ2) is 7.19. The number of anilines is 1. The standard InChI is InChI=1S/C20H18FN7OS/c1-25-19(29)18-16(5-10-30-18)28-17(23-24-20(25)28)12-26-6-8-27(9-7-26)15-4-2-3-14(21)13(15)11-22/h2-5,10H,6-9,12H2,1H3. The van der Waals surface area contributed by atoms with Crippen LogP contribution in [0.15, 0.2) is 34.4 Å². The lowest BCUT2D eigenvalue weighted by molar-refractivity contribution is 0.243. The molecule has 0 bridgehead atoms. The van der Waals surface area contributed by atoms with Gasteiger partial charge in [0.15, 0.2) is 5.82 Å². The predicted octanol–water partition coefficient (Wildman–Crippen LogP) is 1.98. The summed E-state index contributed by atoms with van der Waals surface area (Å²) in [4.78, 5) is 16.8. The van der Waals surface area contributed by atoms with E-state index in [1.54, 1.807) is 19.2 Å². The van der Waals surface area contributed by atoms with Gasteiger partial charge in [0.2, 0.25) is 5.78 Å². The molecule has 30 heavy (non-hydrogen) atoms. The lowest BCUT2D eigenvalue weighted by Gasteiger charge is -2.36. The Labute approximate surface area is 175 Å². The van der Waals surface area contributed by atoms with Crippen LogP contribution in [0.1, 0.15) is 11.4 Å². The summed E-state index contributed by atoms with van der Waals surface area (Å²) in [5.41, 5.74) is 1.49. The molecule has 0 atom stereocenters. The van der Waals surface area contributed by atoms with Gasteiger partial charge in [-0.3, -0.25) is 18.7 Å². The van der Waals surface area contributed by atoms with Gasteiger partial charge in [0.1, 0.15) is 22.1 Å². The number of nitrogens with zero attached hydrogens (tertiary/aromatic N) is 7. The Bertz CT molecular complexity index is 1360. The lowest BCUT2D eigenvalue weighted by atomic mass is 10.1. The summed E-state index contributed by atoms with van der Waals surface area (Å²) in [5, 5.41) is 19.8. The van der Waals surface area contributed by atoms with Gasteiger partial charge in [-0.25, -0.2) is 4.39 Å². The van der Waals surface area contributed by atoms with Crippen LogP contribution in [-0.2, 0) is 13.6 Å². The maximum atomic E-state index is 13.9. The molecule has 0 aliphatic carbocycles. The van der Waals surface area contributed by atoms with Crippen molar-refractivity contribution in [1.82, 2.24) is 24.1 Å². The number of benzene rings is 1. The van der Waals surface area contributed by atoms with Crippen LogP contribution in [0.2, 0.25) is 0 Å². The summed E-state index contributed by atoms with van der Waals surface area (Å²) in [6, 6.07) is 8.63. The molecular weight excluding hydrogens is 405 g/mol. The molecule has 1 aliphatic heterocycles. The molecule has 0 spiro atoms. The molecule has 5 rings (SSSR count). The van der Waals surface area contributed by atoms with Crippen molar-refractivity contribution in [1.29, 1.82) is 5.26 Å². The first kappa shape index (κ1) is 18.7. The highest BCUT2D eigenvalue weighted by Gasteiger charge is 2.23. The second-order valence-corrected chi connectivity index (χ2v) is 8.18. The van der Waals surface area contributed by atoms with E-state index in [2.05, 4.69) is 15.1 Å². The van der Waals surface area contributed by atoms with Gasteiger partial charge in [-0.1, -0.05) is 6.07 Å². The molecule has 8 nitrogen and oxygen atoms in total. The highest BCUT2D eigenvalue weighted by atomic mass is 32.1. The number of hydrogen-bond acceptors (Lipinski definition) is 7. The third kappa shape index (κ3) is 2.86. The molecule has 4 heterocycles. The number of rotatable bonds is 3. The Kier molecular flexibility index (Phi) is 4.49. The molecule has 4 aromatic rings. The van der Waals surface area contributed by atoms with Gasteiger partial charge >= 0.3 is 0 Å². The van der Waals surface area contributed by atoms with Crippen LogP contribution < -0.4 is 10.5 Å². The third-order valence-electron chi connectivity index (χ3n) is 5.58. The topological polar surface area (TPSA) is 82.5 Å². The quantitative estimate of drug-likeness (QED) is 0.501. The third-order valence-corrected chi connectivity index (χ3v) is 6.47. The molecule has 0 unspecified atom stereocenters. The normalized spacial score (nSPS) is 15.2. The van der Waals surface area contributed by atoms with Crippen molar-refractivity contribution in [3.63, 3.8) is 0 Å². The molecule has 0 radical (unpaired) electrons. The summed E-state index contributed by atoms with van der Waals surface area (Å²) >= 11 is 1.42. The Morgan fingerprint density at radius 3 is 2.77 bits per heavy atom. The van der Waals surface area contributed by atoms with Gasteiger partial charge in [0.05, 0.1) is 17.7 Å². The molecule has 1 fully saturated rings. The monoisotopic (exact) mass is 423 g/mol. The van der Waals surface area contributed by atoms with Crippen molar-refractivity contribution in [2.24, 2.45) is 7.05 Å². The Balaban J connectivity index is 1.39. The highest BCUT2D eigenvalue weighted by molar-refractivity contribution is 7.17. The van der Waals surface area contributed by atoms with E-state index in [9.17, 15) is 14.4 Å². The van der Waals surface area contributed by atoms with Crippen LogP contribution in [0.4, 0.5) is 10.1 Å². The second-order valence-electron chi connectivity index (χ2n) is 7.26. The van der Waals surface area contributed by atoms with Crippen LogP contribution in [0.25, 0.3) is 16.0 Å². The molecule has 10 heteroatoms. The van der Waals surface area contributed by atoms with E-state index in [0.717, 1.165) is 24.4 Å². The predicted molar refractivity (Wildman–Crippen MR) is 112 cm³/mol. The van der Waals surface area contributed by atoms with E-state index in [-0.39, 0.29) is 11.1 Å². The number of aryl methyl sites for hydroxylation is 1. The zero-order valence-electron chi connectivity index (χ0n) is 16.2. The fraction of sp³-hybridized carbons (Fsp3) is 0.300. The van der Waals surface area contributed by atoms with E-state index >= 15 is 0 Å². The number of halogens is 1. The first-order valence-corrected chi connectivity index (χ1v) is 10.4. The molecule has 1 aliphatic rings. The molecule has 3 aromatic heterocycles. The minimum absolute atomic E-state index is 0.0662. The van der Waals surface area contributed by atoms with Crippen molar-refractivity contribution < 1.29 is 4.39 Å². The van der Waals surface area contributed by atoms with Gasteiger partial charge in [-0.2, -0.15) is 5.26 Å². The summed E-state index contributed by atoms with van der Waals surface area (Å²) in [6.45, 7) is 3.44. The van der Waals surface area contributed by atoms with E-state index in [1.807, 2.05) is 26.8 Å². The summed E-state index contributed by atoms with van der Waals surface area (Å²) in [7, 11) is 1.71. The van der Waals surface area contributed by atoms with Crippen LogP contribution in [0.5, 0.6) is 0 Å². The lowest BCUT2D eigenvalue weighted by Crippen LogP contribution is -2.46. The molecule has 0 N–H and O–H groups in total. The fourth-order valence-electron chi connectivity index (χ4n) is 3.99. The van der Waals surface area contributed by atoms with Crippen LogP contribution in [0, 0.1) is 17.1 Å². The van der Waals surface area contributed by atoms with Crippen molar-refractivity contribution in [3.05, 3.63) is 57.2 Å². The minimum atomic E-state index is -0.488. The number of hydrogen-bond donors (Lipinski definition) is 0. The number of aromatic nitrogens is 4. The van der Waals surface area contributed by atoms with Crippen molar-refractivity contribution in [2.45, 2.75) is 6.54 Å². The van der Waals surface area contributed by atoms with Crippen molar-refractivity contribution in [2.75, 3.05) is 31.1 Å². The molecule has 152 valence electrons. The van der Waals surface area contributed by atoms with Gasteiger partial charge in [0, 0.05) is 33.2 Å². The Morgan fingerprint density at radius 1 is 1.20 bits per heavy atom. The first-order valence-electron chi connectivity index (χ1n) is 9.54. The highest BCUT2D eigenvalue weighted by Crippen LogP contribution is 2.24.